The van der Waals surface area contributed by atoms with Gasteiger partial charge in [-0.25, -0.2) is 19.6 Å². The van der Waals surface area contributed by atoms with Crippen LogP contribution in [-0.2, 0) is 21.2 Å². The number of aliphatic carboxylic acids is 1. The van der Waals surface area contributed by atoms with E-state index in [0.717, 1.165) is 45.1 Å². The average Bonchev–Trinajstić information content (AvgIpc) is 3.55. The van der Waals surface area contributed by atoms with Gasteiger partial charge in [-0.05, 0) is 71.1 Å². The van der Waals surface area contributed by atoms with Gasteiger partial charge in [0, 0.05) is 30.9 Å². The van der Waals surface area contributed by atoms with Crippen molar-refractivity contribution in [3.8, 4) is 23.0 Å². The van der Waals surface area contributed by atoms with E-state index in [9.17, 15) is 31.5 Å². The molecule has 16 heteroatoms. The summed E-state index contributed by atoms with van der Waals surface area (Å²) in [6.07, 6.45) is 2.67. The largest absolute Gasteiger partial charge is 0.481 e. The number of hydrogen-bond donors (Lipinski definition) is 2. The Morgan fingerprint density at radius 2 is 1.73 bits per heavy atom. The molecule has 0 fully saturated rings. The number of sulfonamides is 1. The van der Waals surface area contributed by atoms with Crippen molar-refractivity contribution in [2.45, 2.75) is 77.4 Å². The van der Waals surface area contributed by atoms with Crippen LogP contribution in [0.4, 0.5) is 24.8 Å². The van der Waals surface area contributed by atoms with E-state index in [2.05, 4.69) is 19.8 Å². The number of fused-ring (bicyclic) bond motifs is 6. The molecule has 1 aliphatic heterocycles. The SMILES string of the molecule is CC(C)(CCN1CCCCCCc2ccccc2-c2nc(cnc2-n2ccc(OCC(C)(C)C(F)(F)F)n2)NS(=O)(=O)c2cccc1n2)C(=O)O. The maximum atomic E-state index is 13.7. The molecule has 12 nitrogen and oxygen atoms in total. The first-order chi connectivity index (χ1) is 24.0. The molecule has 4 bridgehead atoms. The summed E-state index contributed by atoms with van der Waals surface area (Å²) in [4.78, 5) is 27.4. The predicted molar refractivity (Wildman–Crippen MR) is 185 cm³/mol. The molecule has 4 heterocycles. The topological polar surface area (TPSA) is 152 Å². The molecule has 3 aromatic heterocycles. The number of aryl methyl sites for hydroxylation is 1. The third-order valence-corrected chi connectivity index (χ3v) is 10.2. The van der Waals surface area contributed by atoms with Gasteiger partial charge in [-0.2, -0.15) is 21.6 Å². The Kier molecular flexibility index (Phi) is 10.9. The van der Waals surface area contributed by atoms with Crippen molar-refractivity contribution in [1.82, 2.24) is 24.7 Å². The van der Waals surface area contributed by atoms with Gasteiger partial charge in [-0.1, -0.05) is 43.2 Å². The quantitative estimate of drug-likeness (QED) is 0.196. The number of aromatic nitrogens is 5. The predicted octanol–water partition coefficient (Wildman–Crippen LogP) is 6.92. The van der Waals surface area contributed by atoms with Crippen LogP contribution in [-0.4, -0.2) is 70.1 Å². The molecule has 4 aromatic rings. The minimum absolute atomic E-state index is 0.0461. The summed E-state index contributed by atoms with van der Waals surface area (Å²) in [5.41, 5.74) is -1.16. The summed E-state index contributed by atoms with van der Waals surface area (Å²) < 4.78 is 76.9. The number of alkyl halides is 3. The van der Waals surface area contributed by atoms with Crippen molar-refractivity contribution in [1.29, 1.82) is 0 Å². The molecule has 0 aliphatic carbocycles. The minimum Gasteiger partial charge on any atom is -0.481 e. The van der Waals surface area contributed by atoms with E-state index in [4.69, 9.17) is 9.72 Å². The number of pyridine rings is 1. The Balaban J connectivity index is 1.52. The van der Waals surface area contributed by atoms with E-state index in [1.165, 1.54) is 29.2 Å². The highest BCUT2D eigenvalue weighted by molar-refractivity contribution is 7.92. The maximum absolute atomic E-state index is 13.7. The highest BCUT2D eigenvalue weighted by atomic mass is 32.2. The molecule has 0 atom stereocenters. The first-order valence-electron chi connectivity index (χ1n) is 16.7. The van der Waals surface area contributed by atoms with E-state index >= 15 is 0 Å². The second kappa shape index (κ2) is 14.9. The fraction of sp³-hybridized carbons (Fsp3) is 0.457. The van der Waals surface area contributed by atoms with Crippen LogP contribution in [0, 0.1) is 10.8 Å². The third-order valence-electron chi connectivity index (χ3n) is 8.91. The number of halogens is 3. The van der Waals surface area contributed by atoms with Crippen LogP contribution >= 0.6 is 0 Å². The van der Waals surface area contributed by atoms with Crippen molar-refractivity contribution in [2.75, 3.05) is 29.3 Å². The summed E-state index contributed by atoms with van der Waals surface area (Å²) in [5.74, 6) is -0.424. The molecule has 0 saturated heterocycles. The lowest BCUT2D eigenvalue weighted by Gasteiger charge is -2.28. The number of nitrogens with one attached hydrogen (secondary N) is 1. The molecule has 0 radical (unpaired) electrons. The Morgan fingerprint density at radius 1 is 0.980 bits per heavy atom. The molecule has 51 heavy (non-hydrogen) atoms. The lowest BCUT2D eigenvalue weighted by atomic mass is 9.89. The monoisotopic (exact) mass is 729 g/mol. The van der Waals surface area contributed by atoms with Gasteiger partial charge in [0.2, 0.25) is 5.88 Å². The molecular weight excluding hydrogens is 687 g/mol. The summed E-state index contributed by atoms with van der Waals surface area (Å²) in [5, 5.41) is 13.7. The van der Waals surface area contributed by atoms with Gasteiger partial charge in [0.05, 0.1) is 17.0 Å². The van der Waals surface area contributed by atoms with Gasteiger partial charge in [0.15, 0.2) is 16.7 Å². The van der Waals surface area contributed by atoms with Crippen molar-refractivity contribution in [3.63, 3.8) is 0 Å². The minimum atomic E-state index is -4.48. The first-order valence-corrected chi connectivity index (χ1v) is 18.1. The van der Waals surface area contributed by atoms with Crippen LogP contribution in [0.1, 0.15) is 65.4 Å². The maximum Gasteiger partial charge on any atom is 0.397 e. The Labute approximate surface area is 295 Å². The zero-order chi connectivity index (χ0) is 37.0. The molecule has 0 spiro atoms. The first kappa shape index (κ1) is 37.5. The Bertz CT molecular complexity index is 1960. The number of rotatable bonds is 8. The van der Waals surface area contributed by atoms with Crippen molar-refractivity contribution in [3.05, 3.63) is 66.5 Å². The number of anilines is 2. The molecule has 0 saturated carbocycles. The van der Waals surface area contributed by atoms with E-state index < -0.39 is 39.6 Å². The van der Waals surface area contributed by atoms with Crippen LogP contribution in [0.15, 0.2) is 66.0 Å². The van der Waals surface area contributed by atoms with Crippen LogP contribution < -0.4 is 14.4 Å². The molecule has 2 N–H and O–H groups in total. The lowest BCUT2D eigenvalue weighted by Crippen LogP contribution is -2.37. The van der Waals surface area contributed by atoms with E-state index in [1.807, 2.05) is 29.2 Å². The van der Waals surface area contributed by atoms with Gasteiger partial charge in [-0.3, -0.25) is 9.52 Å². The van der Waals surface area contributed by atoms with Crippen molar-refractivity contribution >= 4 is 27.6 Å². The standard InChI is InChI=1S/C35H42F3N7O5S/c1-33(2,32(46)47)18-21-44-19-10-6-5-7-12-24-13-8-9-14-25(24)30-31(45-20-17-28(42-45)50-23-34(3,4)35(36,37)38)39-22-26(40-30)43-51(48,49)29-16-11-15-27(44)41-29/h8-9,11,13-17,20,22H,5-7,10,12,18-19,21,23H2,1-4H3,(H,40,43)(H,46,47). The van der Waals surface area contributed by atoms with Gasteiger partial charge in [0.25, 0.3) is 10.0 Å². The smallest absolute Gasteiger partial charge is 0.397 e. The van der Waals surface area contributed by atoms with E-state index in [1.54, 1.807) is 26.0 Å². The fourth-order valence-electron chi connectivity index (χ4n) is 5.34. The third kappa shape index (κ3) is 8.96. The molecule has 0 amide bonds. The molecule has 1 aliphatic rings. The molecule has 274 valence electrons. The highest BCUT2D eigenvalue weighted by Crippen LogP contribution is 2.38. The molecular formula is C35H42F3N7O5S. The number of hydrogen-bond acceptors (Lipinski definition) is 9. The zero-order valence-electron chi connectivity index (χ0n) is 28.9. The summed E-state index contributed by atoms with van der Waals surface area (Å²) >= 11 is 0. The van der Waals surface area contributed by atoms with Crippen LogP contribution in [0.5, 0.6) is 5.88 Å². The number of benzene rings is 1. The van der Waals surface area contributed by atoms with Crippen molar-refractivity contribution in [2.24, 2.45) is 10.8 Å². The van der Waals surface area contributed by atoms with Crippen molar-refractivity contribution < 1.29 is 36.2 Å². The number of carboxylic acid groups (broad SMARTS) is 1. The summed E-state index contributed by atoms with van der Waals surface area (Å²) in [7, 11) is -4.27. The number of carbonyl (C=O) groups is 1. The molecule has 5 rings (SSSR count). The Morgan fingerprint density at radius 3 is 2.47 bits per heavy atom. The van der Waals surface area contributed by atoms with E-state index in [0.29, 0.717) is 43.0 Å². The lowest BCUT2D eigenvalue weighted by molar-refractivity contribution is -0.219. The second-order valence-corrected chi connectivity index (χ2v) is 15.5. The average molecular weight is 730 g/mol. The fourth-order valence-corrected chi connectivity index (χ4v) is 6.29. The van der Waals surface area contributed by atoms with Crippen LogP contribution in [0.2, 0.25) is 0 Å². The highest BCUT2D eigenvalue weighted by Gasteiger charge is 2.48. The number of carboxylic acids is 1. The van der Waals surface area contributed by atoms with Gasteiger partial charge < -0.3 is 14.7 Å². The summed E-state index contributed by atoms with van der Waals surface area (Å²) in [6, 6.07) is 13.6. The normalized spacial score (nSPS) is 15.7. The van der Waals surface area contributed by atoms with Gasteiger partial charge in [0.1, 0.15) is 18.1 Å². The Hall–Kier alpha value is -4.73. The van der Waals surface area contributed by atoms with Crippen LogP contribution in [0.3, 0.4) is 0 Å². The van der Waals surface area contributed by atoms with E-state index in [-0.39, 0.29) is 22.5 Å². The van der Waals surface area contributed by atoms with Gasteiger partial charge in [-0.15, -0.1) is 5.10 Å². The second-order valence-electron chi connectivity index (χ2n) is 13.9. The summed E-state index contributed by atoms with van der Waals surface area (Å²) in [6.45, 7) is 5.68. The molecule has 0 unspecified atom stereocenters. The van der Waals surface area contributed by atoms with Crippen LogP contribution in [0.25, 0.3) is 17.1 Å². The number of nitrogens with zero attached hydrogens (tertiary/aromatic N) is 6. The zero-order valence-corrected chi connectivity index (χ0v) is 29.8. The number of ether oxygens (including phenoxy) is 1. The molecule has 1 aromatic carbocycles. The van der Waals surface area contributed by atoms with Gasteiger partial charge >= 0.3 is 12.1 Å².